The van der Waals surface area contributed by atoms with Gasteiger partial charge in [0.15, 0.2) is 0 Å². The average molecular weight is 224 g/mol. The third-order valence-electron chi connectivity index (χ3n) is 1.97. The lowest BCUT2D eigenvalue weighted by Gasteiger charge is -2.30. The van der Waals surface area contributed by atoms with Gasteiger partial charge in [-0.25, -0.2) is 8.78 Å². The highest BCUT2D eigenvalue weighted by molar-refractivity contribution is 9.10. The maximum absolute atomic E-state index is 12.6. The van der Waals surface area contributed by atoms with Crippen LogP contribution >= 0.6 is 15.9 Å². The van der Waals surface area contributed by atoms with Crippen LogP contribution in [-0.4, -0.2) is 10.2 Å². The topological polar surface area (TPSA) is 23.8 Å². The number of hydrogen-bond donors (Lipinski definition) is 0. The van der Waals surface area contributed by atoms with Crippen LogP contribution in [0.15, 0.2) is 0 Å². The van der Waals surface area contributed by atoms with E-state index in [0.717, 1.165) is 0 Å². The predicted octanol–water partition coefficient (Wildman–Crippen LogP) is 2.85. The first-order valence-electron chi connectivity index (χ1n) is 3.45. The lowest BCUT2D eigenvalue weighted by molar-refractivity contribution is -0.0364. The van der Waals surface area contributed by atoms with Crippen molar-refractivity contribution >= 4 is 15.9 Å². The SMILES string of the molecule is N#CC1(Br)CCC(F)(F)CC1. The Balaban J connectivity index is 2.56. The summed E-state index contributed by atoms with van der Waals surface area (Å²) in [6, 6.07) is 2.00. The summed E-state index contributed by atoms with van der Waals surface area (Å²) in [5, 5.41) is 8.58. The molecule has 0 aliphatic heterocycles. The Labute approximate surface area is 72.5 Å². The summed E-state index contributed by atoms with van der Waals surface area (Å²) >= 11 is 3.15. The van der Waals surface area contributed by atoms with Gasteiger partial charge >= 0.3 is 0 Å². The summed E-state index contributed by atoms with van der Waals surface area (Å²) in [6.45, 7) is 0. The number of hydrogen-bond acceptors (Lipinski definition) is 1. The van der Waals surface area contributed by atoms with Crippen LogP contribution in [0.25, 0.3) is 0 Å². The number of halogens is 3. The molecule has 11 heavy (non-hydrogen) atoms. The smallest absolute Gasteiger partial charge is 0.207 e. The fraction of sp³-hybridized carbons (Fsp3) is 0.857. The summed E-state index contributed by atoms with van der Waals surface area (Å²) in [5.74, 6) is -2.55. The van der Waals surface area contributed by atoms with E-state index in [0.29, 0.717) is 0 Å². The summed E-state index contributed by atoms with van der Waals surface area (Å²) in [5.41, 5.74) is 0. The molecule has 0 atom stereocenters. The molecule has 1 fully saturated rings. The van der Waals surface area contributed by atoms with Gasteiger partial charge in [-0.1, -0.05) is 15.9 Å². The Morgan fingerprint density at radius 3 is 2.00 bits per heavy atom. The van der Waals surface area contributed by atoms with Gasteiger partial charge in [-0.2, -0.15) is 5.26 Å². The molecule has 62 valence electrons. The van der Waals surface area contributed by atoms with Crippen LogP contribution < -0.4 is 0 Å². The minimum atomic E-state index is -2.55. The Hall–Kier alpha value is -0.170. The molecular formula is C7H8BrF2N. The van der Waals surface area contributed by atoms with E-state index in [1.807, 2.05) is 6.07 Å². The minimum absolute atomic E-state index is 0.175. The monoisotopic (exact) mass is 223 g/mol. The van der Waals surface area contributed by atoms with Gasteiger partial charge in [0.05, 0.1) is 6.07 Å². The fourth-order valence-electron chi connectivity index (χ4n) is 1.12. The van der Waals surface area contributed by atoms with Crippen LogP contribution in [0.2, 0.25) is 0 Å². The predicted molar refractivity (Wildman–Crippen MR) is 40.7 cm³/mol. The molecule has 0 aromatic rings. The number of rotatable bonds is 0. The third-order valence-corrected chi connectivity index (χ3v) is 2.94. The molecule has 0 spiro atoms. The second-order valence-electron chi connectivity index (χ2n) is 2.93. The lowest BCUT2D eigenvalue weighted by Crippen LogP contribution is -2.32. The van der Waals surface area contributed by atoms with Crippen LogP contribution in [0, 0.1) is 11.3 Å². The number of alkyl halides is 3. The molecule has 0 N–H and O–H groups in total. The molecule has 0 aromatic heterocycles. The number of nitriles is 1. The van der Waals surface area contributed by atoms with Crippen molar-refractivity contribution < 1.29 is 8.78 Å². The Morgan fingerprint density at radius 2 is 1.64 bits per heavy atom. The van der Waals surface area contributed by atoms with Crippen LogP contribution in [0.5, 0.6) is 0 Å². The summed E-state index contributed by atoms with van der Waals surface area (Å²) in [7, 11) is 0. The first-order chi connectivity index (χ1) is 4.97. The van der Waals surface area contributed by atoms with E-state index in [4.69, 9.17) is 5.26 Å². The van der Waals surface area contributed by atoms with Crippen molar-refractivity contribution in [3.63, 3.8) is 0 Å². The Morgan fingerprint density at radius 1 is 1.18 bits per heavy atom. The van der Waals surface area contributed by atoms with E-state index in [2.05, 4.69) is 15.9 Å². The van der Waals surface area contributed by atoms with E-state index >= 15 is 0 Å². The van der Waals surface area contributed by atoms with Crippen molar-refractivity contribution in [3.05, 3.63) is 0 Å². The normalized spacial score (nSPS) is 27.5. The Bertz CT molecular complexity index is 187. The molecule has 0 amide bonds. The van der Waals surface area contributed by atoms with Gasteiger partial charge in [0.1, 0.15) is 4.32 Å². The summed E-state index contributed by atoms with van der Waals surface area (Å²) < 4.78 is 24.4. The second kappa shape index (κ2) is 2.71. The molecule has 0 unspecified atom stereocenters. The average Bonchev–Trinajstić information content (AvgIpc) is 1.97. The van der Waals surface area contributed by atoms with Crippen molar-refractivity contribution in [2.24, 2.45) is 0 Å². The third kappa shape index (κ3) is 2.13. The zero-order valence-electron chi connectivity index (χ0n) is 5.91. The molecule has 1 aliphatic carbocycles. The van der Waals surface area contributed by atoms with Crippen molar-refractivity contribution in [2.45, 2.75) is 35.9 Å². The van der Waals surface area contributed by atoms with Gasteiger partial charge in [-0.3, -0.25) is 0 Å². The van der Waals surface area contributed by atoms with Gasteiger partial charge in [0.25, 0.3) is 0 Å². The molecule has 0 aromatic carbocycles. The zero-order valence-corrected chi connectivity index (χ0v) is 7.50. The molecule has 4 heteroatoms. The molecule has 1 rings (SSSR count). The van der Waals surface area contributed by atoms with E-state index < -0.39 is 10.2 Å². The van der Waals surface area contributed by atoms with Crippen LogP contribution in [0.1, 0.15) is 25.7 Å². The van der Waals surface area contributed by atoms with E-state index in [1.165, 1.54) is 0 Å². The molecule has 1 aliphatic rings. The van der Waals surface area contributed by atoms with Crippen LogP contribution in [-0.2, 0) is 0 Å². The highest BCUT2D eigenvalue weighted by Crippen LogP contribution is 2.42. The van der Waals surface area contributed by atoms with Crippen LogP contribution in [0.3, 0.4) is 0 Å². The van der Waals surface area contributed by atoms with Gasteiger partial charge in [0, 0.05) is 12.8 Å². The first-order valence-corrected chi connectivity index (χ1v) is 4.25. The fourth-order valence-corrected chi connectivity index (χ4v) is 1.52. The molecule has 0 radical (unpaired) electrons. The van der Waals surface area contributed by atoms with Gasteiger partial charge in [-0.05, 0) is 12.8 Å². The standard InChI is InChI=1S/C7H8BrF2N/c8-6(5-11)1-3-7(9,10)4-2-6/h1-4H2. The molecule has 1 saturated carbocycles. The quantitative estimate of drug-likeness (QED) is 0.580. The Kier molecular flexibility index (Phi) is 2.19. The van der Waals surface area contributed by atoms with Gasteiger partial charge in [0.2, 0.25) is 5.92 Å². The highest BCUT2D eigenvalue weighted by atomic mass is 79.9. The second-order valence-corrected chi connectivity index (χ2v) is 4.45. The summed E-state index contributed by atoms with van der Waals surface area (Å²) in [4.78, 5) is 0. The highest BCUT2D eigenvalue weighted by Gasteiger charge is 2.41. The van der Waals surface area contributed by atoms with E-state index in [9.17, 15) is 8.78 Å². The van der Waals surface area contributed by atoms with Gasteiger partial charge < -0.3 is 0 Å². The molecular weight excluding hydrogens is 216 g/mol. The van der Waals surface area contributed by atoms with Crippen molar-refractivity contribution in [1.29, 1.82) is 5.26 Å². The zero-order chi connectivity index (χ0) is 8.54. The van der Waals surface area contributed by atoms with E-state index in [-0.39, 0.29) is 25.7 Å². The maximum Gasteiger partial charge on any atom is 0.248 e. The number of nitrogens with zero attached hydrogens (tertiary/aromatic N) is 1. The van der Waals surface area contributed by atoms with Crippen molar-refractivity contribution in [3.8, 4) is 6.07 Å². The minimum Gasteiger partial charge on any atom is -0.207 e. The largest absolute Gasteiger partial charge is 0.248 e. The lowest BCUT2D eigenvalue weighted by atomic mass is 9.88. The van der Waals surface area contributed by atoms with Crippen molar-refractivity contribution in [2.75, 3.05) is 0 Å². The van der Waals surface area contributed by atoms with Gasteiger partial charge in [-0.15, -0.1) is 0 Å². The van der Waals surface area contributed by atoms with Crippen LogP contribution in [0.4, 0.5) is 8.78 Å². The molecule has 0 heterocycles. The molecule has 0 saturated heterocycles. The van der Waals surface area contributed by atoms with Crippen molar-refractivity contribution in [1.82, 2.24) is 0 Å². The first kappa shape index (κ1) is 8.92. The maximum atomic E-state index is 12.6. The summed E-state index contributed by atoms with van der Waals surface area (Å²) in [6.07, 6.45) is 0.143. The van der Waals surface area contributed by atoms with E-state index in [1.54, 1.807) is 0 Å². The molecule has 1 nitrogen and oxygen atoms in total. The molecule has 0 bridgehead atoms.